The van der Waals surface area contributed by atoms with Crippen LogP contribution in [-0.2, 0) is 6.42 Å². The van der Waals surface area contributed by atoms with E-state index < -0.39 is 0 Å². The molecule has 6 nitrogen and oxygen atoms in total. The van der Waals surface area contributed by atoms with E-state index >= 15 is 0 Å². The summed E-state index contributed by atoms with van der Waals surface area (Å²) in [6.07, 6.45) is 2.78. The van der Waals surface area contributed by atoms with Crippen LogP contribution in [0.2, 0.25) is 0 Å². The highest BCUT2D eigenvalue weighted by molar-refractivity contribution is 6.00. The van der Waals surface area contributed by atoms with Gasteiger partial charge in [0, 0.05) is 17.7 Å². The lowest BCUT2D eigenvalue weighted by Gasteiger charge is -2.27. The topological polar surface area (TPSA) is 78.5 Å². The fourth-order valence-electron chi connectivity index (χ4n) is 4.66. The van der Waals surface area contributed by atoms with Gasteiger partial charge in [0.05, 0.1) is 12.6 Å². The lowest BCUT2D eigenvalue weighted by atomic mass is 9.95. The standard InChI is InChI=1S/C29H29N3O3/c1-2-3-18-35-22-13-9-12-21(19-22)28-25-26(23-14-7-8-15-24(23)33)30-31-27(25)29(34)32(28)17-16-20-10-5-4-6-11-20/h4-15,19,28,33H,2-3,16-18H2,1H3,(H,30,31)/t28-/m1/s1. The number of phenolic OH excluding ortho intramolecular Hbond substituents is 1. The number of nitrogens with one attached hydrogen (secondary N) is 1. The number of para-hydroxylation sites is 1. The summed E-state index contributed by atoms with van der Waals surface area (Å²) >= 11 is 0. The normalized spacial score (nSPS) is 14.8. The van der Waals surface area contributed by atoms with Crippen LogP contribution in [0.15, 0.2) is 78.9 Å². The van der Waals surface area contributed by atoms with Gasteiger partial charge in [0.2, 0.25) is 0 Å². The minimum Gasteiger partial charge on any atom is -0.507 e. The molecule has 0 saturated heterocycles. The van der Waals surface area contributed by atoms with Gasteiger partial charge in [0.1, 0.15) is 22.9 Å². The van der Waals surface area contributed by atoms with Crippen molar-refractivity contribution in [3.05, 3.63) is 101 Å². The SMILES string of the molecule is CCCCOc1cccc([C@@H]2c3c(-c4ccccc4O)n[nH]c3C(=O)N2CCc2ccccc2)c1. The van der Waals surface area contributed by atoms with Crippen molar-refractivity contribution in [3.8, 4) is 22.8 Å². The molecule has 0 saturated carbocycles. The van der Waals surface area contributed by atoms with E-state index in [9.17, 15) is 9.90 Å². The fourth-order valence-corrected chi connectivity index (χ4v) is 4.66. The molecule has 1 aliphatic rings. The molecule has 35 heavy (non-hydrogen) atoms. The van der Waals surface area contributed by atoms with Crippen LogP contribution in [0.5, 0.6) is 11.5 Å². The van der Waals surface area contributed by atoms with Gasteiger partial charge >= 0.3 is 0 Å². The van der Waals surface area contributed by atoms with Gasteiger partial charge in [-0.05, 0) is 48.2 Å². The van der Waals surface area contributed by atoms with Crippen molar-refractivity contribution in [2.45, 2.75) is 32.2 Å². The van der Waals surface area contributed by atoms with Crippen molar-refractivity contribution >= 4 is 5.91 Å². The number of ether oxygens (including phenoxy) is 1. The first-order chi connectivity index (χ1) is 17.2. The number of unbranched alkanes of at least 4 members (excludes halogenated alkanes) is 1. The van der Waals surface area contributed by atoms with Crippen molar-refractivity contribution in [2.75, 3.05) is 13.2 Å². The molecule has 178 valence electrons. The number of amides is 1. The predicted molar refractivity (Wildman–Crippen MR) is 136 cm³/mol. The molecule has 2 N–H and O–H groups in total. The van der Waals surface area contributed by atoms with Crippen LogP contribution in [0.4, 0.5) is 0 Å². The summed E-state index contributed by atoms with van der Waals surface area (Å²) in [7, 11) is 0. The van der Waals surface area contributed by atoms with Crippen LogP contribution in [0.1, 0.15) is 53.0 Å². The van der Waals surface area contributed by atoms with Gasteiger partial charge in [-0.3, -0.25) is 9.89 Å². The van der Waals surface area contributed by atoms with Gasteiger partial charge in [-0.25, -0.2) is 0 Å². The highest BCUT2D eigenvalue weighted by atomic mass is 16.5. The maximum Gasteiger partial charge on any atom is 0.273 e. The van der Waals surface area contributed by atoms with Gasteiger partial charge in [-0.2, -0.15) is 5.10 Å². The van der Waals surface area contributed by atoms with Crippen LogP contribution >= 0.6 is 0 Å². The maximum absolute atomic E-state index is 13.6. The number of carbonyl (C=O) groups is 1. The first-order valence-corrected chi connectivity index (χ1v) is 12.1. The van der Waals surface area contributed by atoms with E-state index in [2.05, 4.69) is 29.3 Å². The van der Waals surface area contributed by atoms with E-state index in [-0.39, 0.29) is 17.7 Å². The Morgan fingerprint density at radius 1 is 1.03 bits per heavy atom. The molecule has 0 fully saturated rings. The maximum atomic E-state index is 13.6. The number of phenols is 1. The Kier molecular flexibility index (Phi) is 6.53. The molecule has 0 radical (unpaired) electrons. The molecule has 1 aliphatic heterocycles. The molecule has 4 aromatic rings. The Labute approximate surface area is 205 Å². The third kappa shape index (κ3) is 4.52. The van der Waals surface area contributed by atoms with Crippen molar-refractivity contribution in [3.63, 3.8) is 0 Å². The zero-order valence-electron chi connectivity index (χ0n) is 19.8. The molecular weight excluding hydrogens is 438 g/mol. The first kappa shape index (κ1) is 22.7. The van der Waals surface area contributed by atoms with E-state index in [0.717, 1.165) is 36.1 Å². The Hall–Kier alpha value is -4.06. The van der Waals surface area contributed by atoms with Gasteiger partial charge in [0.15, 0.2) is 0 Å². The molecule has 3 aromatic carbocycles. The number of aromatic amines is 1. The molecule has 1 amide bonds. The number of rotatable bonds is 9. The molecule has 1 aromatic heterocycles. The van der Waals surface area contributed by atoms with E-state index in [1.807, 2.05) is 59.5 Å². The molecule has 0 aliphatic carbocycles. The van der Waals surface area contributed by atoms with Crippen LogP contribution in [-0.4, -0.2) is 39.3 Å². The average molecular weight is 468 g/mol. The second-order valence-corrected chi connectivity index (χ2v) is 8.79. The summed E-state index contributed by atoms with van der Waals surface area (Å²) in [5.74, 6) is 0.826. The number of hydrogen-bond donors (Lipinski definition) is 2. The summed E-state index contributed by atoms with van der Waals surface area (Å²) < 4.78 is 5.97. The fraction of sp³-hybridized carbons (Fsp3) is 0.241. The molecular formula is C29H29N3O3. The molecule has 0 unspecified atom stereocenters. The molecule has 0 spiro atoms. The molecule has 0 bridgehead atoms. The lowest BCUT2D eigenvalue weighted by Crippen LogP contribution is -2.31. The molecule has 6 heteroatoms. The number of benzene rings is 3. The Bertz CT molecular complexity index is 1320. The quantitative estimate of drug-likeness (QED) is 0.307. The third-order valence-electron chi connectivity index (χ3n) is 6.45. The van der Waals surface area contributed by atoms with Crippen LogP contribution in [0, 0.1) is 0 Å². The van der Waals surface area contributed by atoms with Crippen LogP contribution < -0.4 is 4.74 Å². The van der Waals surface area contributed by atoms with E-state index in [0.29, 0.717) is 30.1 Å². The molecule has 2 heterocycles. The number of H-pyrrole nitrogens is 1. The van der Waals surface area contributed by atoms with Crippen molar-refractivity contribution < 1.29 is 14.6 Å². The highest BCUT2D eigenvalue weighted by Gasteiger charge is 2.42. The second-order valence-electron chi connectivity index (χ2n) is 8.79. The summed E-state index contributed by atoms with van der Waals surface area (Å²) in [5.41, 5.74) is 4.58. The van der Waals surface area contributed by atoms with E-state index in [4.69, 9.17) is 4.74 Å². The van der Waals surface area contributed by atoms with Crippen molar-refractivity contribution in [1.82, 2.24) is 15.1 Å². The third-order valence-corrected chi connectivity index (χ3v) is 6.45. The van der Waals surface area contributed by atoms with Gasteiger partial charge in [-0.15, -0.1) is 0 Å². The van der Waals surface area contributed by atoms with Gasteiger partial charge in [-0.1, -0.05) is 67.9 Å². The number of hydrogen-bond acceptors (Lipinski definition) is 4. The summed E-state index contributed by atoms with van der Waals surface area (Å²) in [6, 6.07) is 24.9. The number of carbonyl (C=O) groups excluding carboxylic acids is 1. The Balaban J connectivity index is 1.56. The zero-order valence-corrected chi connectivity index (χ0v) is 19.8. The Morgan fingerprint density at radius 3 is 2.63 bits per heavy atom. The smallest absolute Gasteiger partial charge is 0.273 e. The molecule has 1 atom stereocenters. The number of nitrogens with zero attached hydrogens (tertiary/aromatic N) is 2. The number of aromatic nitrogens is 2. The number of aromatic hydroxyl groups is 1. The van der Waals surface area contributed by atoms with Gasteiger partial charge < -0.3 is 14.7 Å². The van der Waals surface area contributed by atoms with Crippen LogP contribution in [0.25, 0.3) is 11.3 Å². The minimum atomic E-state index is -0.343. The average Bonchev–Trinajstić information content (AvgIpc) is 3.43. The molecule has 5 rings (SSSR count). The van der Waals surface area contributed by atoms with Crippen LogP contribution in [0.3, 0.4) is 0 Å². The zero-order chi connectivity index (χ0) is 24.2. The first-order valence-electron chi connectivity index (χ1n) is 12.1. The largest absolute Gasteiger partial charge is 0.507 e. The monoisotopic (exact) mass is 467 g/mol. The summed E-state index contributed by atoms with van der Waals surface area (Å²) in [4.78, 5) is 15.5. The van der Waals surface area contributed by atoms with Crippen molar-refractivity contribution in [1.29, 1.82) is 0 Å². The minimum absolute atomic E-state index is 0.0904. The summed E-state index contributed by atoms with van der Waals surface area (Å²) in [5, 5.41) is 18.0. The Morgan fingerprint density at radius 2 is 1.83 bits per heavy atom. The number of fused-ring (bicyclic) bond motifs is 1. The lowest BCUT2D eigenvalue weighted by molar-refractivity contribution is 0.0745. The highest BCUT2D eigenvalue weighted by Crippen LogP contribution is 2.44. The predicted octanol–water partition coefficient (Wildman–Crippen LogP) is 5.75. The van der Waals surface area contributed by atoms with Gasteiger partial charge in [0.25, 0.3) is 5.91 Å². The second kappa shape index (κ2) is 10.1. The van der Waals surface area contributed by atoms with E-state index in [1.54, 1.807) is 12.1 Å². The van der Waals surface area contributed by atoms with Crippen molar-refractivity contribution in [2.24, 2.45) is 0 Å². The van der Waals surface area contributed by atoms with E-state index in [1.165, 1.54) is 5.56 Å². The summed E-state index contributed by atoms with van der Waals surface area (Å²) in [6.45, 7) is 3.34.